The first-order chi connectivity index (χ1) is 18.9. The number of nitrogens with one attached hydrogen (secondary N) is 2. The lowest BCUT2D eigenvalue weighted by atomic mass is 10.0. The molecule has 13 heteroatoms. The van der Waals surface area contributed by atoms with Crippen LogP contribution in [0.5, 0.6) is 5.88 Å². The van der Waals surface area contributed by atoms with Gasteiger partial charge in [0.05, 0.1) is 17.6 Å². The normalized spacial score (nSPS) is 23.4. The van der Waals surface area contributed by atoms with Gasteiger partial charge in [-0.1, -0.05) is 13.2 Å². The van der Waals surface area contributed by atoms with Crippen molar-refractivity contribution in [3.05, 3.63) is 55.0 Å². The Balaban J connectivity index is 1.43. The SMILES string of the molecule is C=C/C1=N\C(=C)NCC2CCC(C)(C)N2c2nc(-n3ccc(OCCC4(C(F)(F)F)CC4)n3)ccc2C(=O)NS1. The van der Waals surface area contributed by atoms with E-state index < -0.39 is 11.6 Å². The lowest BCUT2D eigenvalue weighted by Gasteiger charge is -2.38. The molecule has 2 aliphatic heterocycles. The van der Waals surface area contributed by atoms with Crippen LogP contribution in [-0.4, -0.2) is 56.6 Å². The molecule has 0 bridgehead atoms. The van der Waals surface area contributed by atoms with Gasteiger partial charge in [-0.25, -0.2) is 14.7 Å². The van der Waals surface area contributed by atoms with E-state index in [1.807, 2.05) is 0 Å². The fraction of sp³-hybridized carbons (Fsp3) is 0.481. The molecule has 1 atom stereocenters. The van der Waals surface area contributed by atoms with Gasteiger partial charge >= 0.3 is 6.18 Å². The maximum Gasteiger partial charge on any atom is 0.394 e. The van der Waals surface area contributed by atoms with Crippen LogP contribution in [0.2, 0.25) is 0 Å². The van der Waals surface area contributed by atoms with Crippen molar-refractivity contribution >= 4 is 28.7 Å². The summed E-state index contributed by atoms with van der Waals surface area (Å²) >= 11 is 1.04. The molecule has 0 radical (unpaired) electrons. The maximum absolute atomic E-state index is 13.3. The molecule has 1 aliphatic carbocycles. The summed E-state index contributed by atoms with van der Waals surface area (Å²) in [5.41, 5.74) is -1.53. The number of nitrogens with zero attached hydrogens (tertiary/aromatic N) is 5. The molecule has 40 heavy (non-hydrogen) atoms. The summed E-state index contributed by atoms with van der Waals surface area (Å²) in [6.45, 7) is 12.4. The Morgan fingerprint density at radius 3 is 2.73 bits per heavy atom. The van der Waals surface area contributed by atoms with E-state index in [9.17, 15) is 18.0 Å². The van der Waals surface area contributed by atoms with Crippen LogP contribution in [0.15, 0.2) is 54.4 Å². The predicted octanol–water partition coefficient (Wildman–Crippen LogP) is 5.16. The highest BCUT2D eigenvalue weighted by Crippen LogP contribution is 2.59. The fourth-order valence-corrected chi connectivity index (χ4v) is 5.75. The van der Waals surface area contributed by atoms with E-state index in [1.165, 1.54) is 4.68 Å². The van der Waals surface area contributed by atoms with Gasteiger partial charge in [0, 0.05) is 42.3 Å². The molecule has 3 aliphatic rings. The van der Waals surface area contributed by atoms with Gasteiger partial charge in [0.25, 0.3) is 5.91 Å². The van der Waals surface area contributed by atoms with Crippen LogP contribution >= 0.6 is 11.9 Å². The number of carbonyl (C=O) groups excluding carboxylic acids is 1. The molecule has 0 spiro atoms. The third kappa shape index (κ3) is 5.56. The van der Waals surface area contributed by atoms with E-state index in [0.717, 1.165) is 24.8 Å². The van der Waals surface area contributed by atoms with Crippen LogP contribution < -0.4 is 19.7 Å². The van der Waals surface area contributed by atoms with Crippen LogP contribution in [0.3, 0.4) is 0 Å². The molecule has 2 aromatic heterocycles. The topological polar surface area (TPSA) is 96.7 Å². The zero-order chi connectivity index (χ0) is 28.7. The first-order valence-electron chi connectivity index (χ1n) is 13.1. The monoisotopic (exact) mass is 575 g/mol. The van der Waals surface area contributed by atoms with Crippen molar-refractivity contribution in [2.75, 3.05) is 18.1 Å². The molecule has 2 aromatic rings. The number of anilines is 1. The van der Waals surface area contributed by atoms with Gasteiger partial charge in [-0.2, -0.15) is 13.2 Å². The summed E-state index contributed by atoms with van der Waals surface area (Å²) in [4.78, 5) is 24.8. The minimum atomic E-state index is -4.22. The molecule has 214 valence electrons. The van der Waals surface area contributed by atoms with E-state index in [0.29, 0.717) is 34.6 Å². The zero-order valence-electron chi connectivity index (χ0n) is 22.4. The van der Waals surface area contributed by atoms with Crippen LogP contribution in [0.1, 0.15) is 56.3 Å². The van der Waals surface area contributed by atoms with Crippen molar-refractivity contribution in [3.8, 4) is 11.7 Å². The predicted molar refractivity (Wildman–Crippen MR) is 149 cm³/mol. The van der Waals surface area contributed by atoms with Crippen molar-refractivity contribution in [1.82, 2.24) is 24.8 Å². The van der Waals surface area contributed by atoms with Crippen molar-refractivity contribution in [2.45, 2.75) is 63.7 Å². The number of aliphatic imine (C=N–C) groups is 1. The number of hydrogen-bond donors (Lipinski definition) is 2. The van der Waals surface area contributed by atoms with Gasteiger partial charge < -0.3 is 15.0 Å². The largest absolute Gasteiger partial charge is 0.477 e. The van der Waals surface area contributed by atoms with Crippen LogP contribution in [0.4, 0.5) is 19.0 Å². The summed E-state index contributed by atoms with van der Waals surface area (Å²) in [5, 5.41) is 8.16. The smallest absolute Gasteiger partial charge is 0.394 e. The number of pyridine rings is 1. The highest BCUT2D eigenvalue weighted by molar-refractivity contribution is 8.13. The van der Waals surface area contributed by atoms with Gasteiger partial charge in [-0.05, 0) is 64.2 Å². The summed E-state index contributed by atoms with van der Waals surface area (Å²) in [5.74, 6) is 1.29. The van der Waals surface area contributed by atoms with Gasteiger partial charge in [0.1, 0.15) is 16.7 Å². The first-order valence-corrected chi connectivity index (χ1v) is 13.9. The minimum Gasteiger partial charge on any atom is -0.477 e. The Bertz CT molecular complexity index is 1350. The molecule has 4 heterocycles. The molecular formula is C27H32F3N7O2S. The van der Waals surface area contributed by atoms with E-state index >= 15 is 0 Å². The second-order valence-corrected chi connectivity index (χ2v) is 11.7. The quantitative estimate of drug-likeness (QED) is 0.459. The van der Waals surface area contributed by atoms with Gasteiger partial charge in [-0.15, -0.1) is 5.10 Å². The summed E-state index contributed by atoms with van der Waals surface area (Å²) in [7, 11) is 0. The Morgan fingerprint density at radius 1 is 1.25 bits per heavy atom. The average molecular weight is 576 g/mol. The molecule has 2 fully saturated rings. The molecule has 1 saturated heterocycles. The molecule has 1 amide bonds. The summed E-state index contributed by atoms with van der Waals surface area (Å²) in [6, 6.07) is 4.97. The molecule has 2 N–H and O–H groups in total. The average Bonchev–Trinajstić information content (AvgIpc) is 3.45. The third-order valence-electron chi connectivity index (χ3n) is 7.73. The molecule has 1 unspecified atom stereocenters. The van der Waals surface area contributed by atoms with Crippen LogP contribution in [0.25, 0.3) is 5.82 Å². The number of ether oxygens (including phenoxy) is 1. The van der Waals surface area contributed by atoms with E-state index in [2.05, 4.69) is 52.0 Å². The van der Waals surface area contributed by atoms with Gasteiger partial charge in [-0.3, -0.25) is 9.52 Å². The zero-order valence-corrected chi connectivity index (χ0v) is 23.2. The van der Waals surface area contributed by atoms with E-state index in [1.54, 1.807) is 30.5 Å². The number of alkyl halides is 3. The molecule has 9 nitrogen and oxygen atoms in total. The maximum atomic E-state index is 13.3. The number of carbonyl (C=O) groups is 1. The molecule has 5 rings (SSSR count). The Labute approximate surface area is 235 Å². The minimum absolute atomic E-state index is 0.00963. The second kappa shape index (κ2) is 10.5. The van der Waals surface area contributed by atoms with Crippen LogP contribution in [-0.2, 0) is 0 Å². The standard InChI is InChI=1S/C27H32F3N7O2S/c1-5-22-32-17(2)31-16-18-8-10-25(3,4)37(18)23-19(24(38)35-40-22)6-7-20(33-23)36-14-9-21(34-36)39-15-13-26(11-12-26)27(28,29)30/h5-7,9,14,18,31H,1-2,8,10-13,15-16H2,3-4H3,(H,35,38)/b32-22+. The van der Waals surface area contributed by atoms with Crippen LogP contribution in [0, 0.1) is 5.41 Å². The summed E-state index contributed by atoms with van der Waals surface area (Å²) in [6.07, 6.45) is 0.888. The summed E-state index contributed by atoms with van der Waals surface area (Å²) < 4.78 is 49.6. The number of hydrogen-bond acceptors (Lipinski definition) is 8. The third-order valence-corrected chi connectivity index (χ3v) is 8.49. The molecule has 1 saturated carbocycles. The molecule has 0 aromatic carbocycles. The second-order valence-electron chi connectivity index (χ2n) is 10.9. The van der Waals surface area contributed by atoms with Crippen molar-refractivity contribution in [1.29, 1.82) is 0 Å². The number of rotatable bonds is 6. The number of halogens is 3. The molecular weight excluding hydrogens is 543 g/mol. The number of fused-ring (bicyclic) bond motifs is 3. The van der Waals surface area contributed by atoms with Gasteiger partial charge in [0.15, 0.2) is 5.82 Å². The Morgan fingerprint density at radius 2 is 2.02 bits per heavy atom. The van der Waals surface area contributed by atoms with E-state index in [4.69, 9.17) is 9.72 Å². The lowest BCUT2D eigenvalue weighted by Crippen LogP contribution is -2.48. The van der Waals surface area contributed by atoms with Gasteiger partial charge in [0.2, 0.25) is 5.88 Å². The van der Waals surface area contributed by atoms with Crippen molar-refractivity contribution in [2.24, 2.45) is 10.4 Å². The highest BCUT2D eigenvalue weighted by atomic mass is 32.2. The number of aromatic nitrogens is 3. The highest BCUT2D eigenvalue weighted by Gasteiger charge is 2.62. The number of amides is 1. The lowest BCUT2D eigenvalue weighted by molar-refractivity contribution is -0.190. The van der Waals surface area contributed by atoms with Crippen molar-refractivity contribution < 1.29 is 22.7 Å². The Kier molecular flexibility index (Phi) is 7.36. The first kappa shape index (κ1) is 28.1. The van der Waals surface area contributed by atoms with Crippen molar-refractivity contribution in [3.63, 3.8) is 0 Å². The Hall–Kier alpha value is -3.48. The van der Waals surface area contributed by atoms with E-state index in [-0.39, 0.29) is 49.2 Å². The fourth-order valence-electron chi connectivity index (χ4n) is 5.20.